The van der Waals surface area contributed by atoms with E-state index >= 15 is 0 Å². The van der Waals surface area contributed by atoms with Crippen molar-refractivity contribution in [3.8, 4) is 0 Å². The van der Waals surface area contributed by atoms with E-state index in [0.717, 1.165) is 22.9 Å². The lowest BCUT2D eigenvalue weighted by molar-refractivity contribution is 0.0299. The second kappa shape index (κ2) is 5.90. The van der Waals surface area contributed by atoms with Crippen molar-refractivity contribution in [2.24, 2.45) is 0 Å². The van der Waals surface area contributed by atoms with Crippen LogP contribution in [0, 0.1) is 6.92 Å². The Labute approximate surface area is 138 Å². The van der Waals surface area contributed by atoms with Gasteiger partial charge in [0.1, 0.15) is 0 Å². The summed E-state index contributed by atoms with van der Waals surface area (Å²) in [5, 5.41) is 10.4. The Morgan fingerprint density at radius 2 is 2.22 bits per heavy atom. The van der Waals surface area contributed by atoms with E-state index in [2.05, 4.69) is 15.1 Å². The standard InChI is InChI=1S/C16H18N4O2S/c1-11-4-5-15(18-17-11)20-6-7-22-13-10-19(9-12(13)20)16(21)14-3-2-8-23-14/h2-5,8,12-13H,6-7,9-10H2,1H3/t12-,13+/m0/s1. The number of hydrogen-bond donors (Lipinski definition) is 0. The molecule has 0 saturated carbocycles. The number of aromatic nitrogens is 2. The first-order valence-electron chi connectivity index (χ1n) is 7.74. The van der Waals surface area contributed by atoms with Gasteiger partial charge in [0.15, 0.2) is 5.82 Å². The van der Waals surface area contributed by atoms with Crippen LogP contribution in [0.15, 0.2) is 29.6 Å². The monoisotopic (exact) mass is 330 g/mol. The third-order valence-electron chi connectivity index (χ3n) is 4.40. The van der Waals surface area contributed by atoms with Crippen molar-refractivity contribution in [1.29, 1.82) is 0 Å². The average Bonchev–Trinajstić information content (AvgIpc) is 3.24. The molecule has 2 saturated heterocycles. The summed E-state index contributed by atoms with van der Waals surface area (Å²) in [4.78, 5) is 17.5. The summed E-state index contributed by atoms with van der Waals surface area (Å²) in [5.74, 6) is 0.951. The largest absolute Gasteiger partial charge is 0.372 e. The number of morpholine rings is 1. The topological polar surface area (TPSA) is 58.6 Å². The minimum atomic E-state index is 0.0377. The Morgan fingerprint density at radius 3 is 2.96 bits per heavy atom. The van der Waals surface area contributed by atoms with E-state index in [1.54, 1.807) is 0 Å². The molecule has 2 aromatic rings. The van der Waals surface area contributed by atoms with Crippen LogP contribution in [-0.4, -0.2) is 59.4 Å². The van der Waals surface area contributed by atoms with Crippen LogP contribution in [0.3, 0.4) is 0 Å². The van der Waals surface area contributed by atoms with Gasteiger partial charge in [-0.25, -0.2) is 0 Å². The third kappa shape index (κ3) is 2.70. The molecule has 2 atom stereocenters. The SMILES string of the molecule is Cc1ccc(N2CCO[C@@H]3CN(C(=O)c4cccs4)C[C@@H]32)nn1. The summed E-state index contributed by atoms with van der Waals surface area (Å²) in [6.07, 6.45) is 0.0377. The lowest BCUT2D eigenvalue weighted by Gasteiger charge is -2.37. The van der Waals surface area contributed by atoms with Crippen molar-refractivity contribution < 1.29 is 9.53 Å². The van der Waals surface area contributed by atoms with Gasteiger partial charge < -0.3 is 14.5 Å². The van der Waals surface area contributed by atoms with Crippen molar-refractivity contribution in [2.75, 3.05) is 31.1 Å². The first-order valence-corrected chi connectivity index (χ1v) is 8.62. The van der Waals surface area contributed by atoms with Gasteiger partial charge in [-0.05, 0) is 30.5 Å². The minimum Gasteiger partial charge on any atom is -0.372 e. The number of fused-ring (bicyclic) bond motifs is 1. The van der Waals surface area contributed by atoms with Crippen molar-refractivity contribution in [2.45, 2.75) is 19.1 Å². The molecule has 7 heteroatoms. The number of carbonyl (C=O) groups is 1. The van der Waals surface area contributed by atoms with Gasteiger partial charge in [-0.3, -0.25) is 4.79 Å². The van der Waals surface area contributed by atoms with Crippen LogP contribution in [0.1, 0.15) is 15.4 Å². The number of rotatable bonds is 2. The van der Waals surface area contributed by atoms with Gasteiger partial charge in [-0.2, -0.15) is 5.10 Å². The van der Waals surface area contributed by atoms with E-state index in [4.69, 9.17) is 4.74 Å². The third-order valence-corrected chi connectivity index (χ3v) is 5.26. The molecule has 0 unspecified atom stereocenters. The predicted octanol–water partition coefficient (Wildman–Crippen LogP) is 1.58. The van der Waals surface area contributed by atoms with Gasteiger partial charge in [-0.1, -0.05) is 6.07 Å². The molecule has 1 amide bonds. The Morgan fingerprint density at radius 1 is 1.30 bits per heavy atom. The number of aryl methyl sites for hydroxylation is 1. The molecule has 0 spiro atoms. The number of thiophene rings is 1. The molecule has 2 fully saturated rings. The average molecular weight is 330 g/mol. The maximum absolute atomic E-state index is 12.6. The molecule has 4 heterocycles. The number of carbonyl (C=O) groups excluding carboxylic acids is 1. The van der Waals surface area contributed by atoms with Crippen LogP contribution in [0.5, 0.6) is 0 Å². The molecular weight excluding hydrogens is 312 g/mol. The highest BCUT2D eigenvalue weighted by atomic mass is 32.1. The molecule has 120 valence electrons. The van der Waals surface area contributed by atoms with Crippen LogP contribution in [-0.2, 0) is 4.74 Å². The van der Waals surface area contributed by atoms with Crippen molar-refractivity contribution >= 4 is 23.1 Å². The first kappa shape index (κ1) is 14.6. The van der Waals surface area contributed by atoms with Crippen LogP contribution in [0.2, 0.25) is 0 Å². The maximum atomic E-state index is 12.6. The summed E-state index contributed by atoms with van der Waals surface area (Å²) in [6.45, 7) is 4.65. The Kier molecular flexibility index (Phi) is 3.74. The lowest BCUT2D eigenvalue weighted by Crippen LogP contribution is -2.51. The first-order chi connectivity index (χ1) is 11.2. The summed E-state index contributed by atoms with van der Waals surface area (Å²) >= 11 is 1.48. The quantitative estimate of drug-likeness (QED) is 0.837. The zero-order valence-corrected chi connectivity index (χ0v) is 13.7. The van der Waals surface area contributed by atoms with Gasteiger partial charge in [0, 0.05) is 19.6 Å². The smallest absolute Gasteiger partial charge is 0.264 e. The number of nitrogens with zero attached hydrogens (tertiary/aromatic N) is 4. The molecule has 6 nitrogen and oxygen atoms in total. The fourth-order valence-corrected chi connectivity index (χ4v) is 3.93. The van der Waals surface area contributed by atoms with E-state index in [0.29, 0.717) is 19.7 Å². The normalized spacial score (nSPS) is 23.9. The Hall–Kier alpha value is -1.99. The molecule has 23 heavy (non-hydrogen) atoms. The zero-order valence-electron chi connectivity index (χ0n) is 12.9. The second-order valence-electron chi connectivity index (χ2n) is 5.89. The molecule has 0 N–H and O–H groups in total. The summed E-state index contributed by atoms with van der Waals surface area (Å²) in [5.41, 5.74) is 0.902. The molecule has 2 aliphatic rings. The van der Waals surface area contributed by atoms with Crippen LogP contribution >= 0.6 is 11.3 Å². The fraction of sp³-hybridized carbons (Fsp3) is 0.438. The summed E-state index contributed by atoms with van der Waals surface area (Å²) in [6, 6.07) is 7.89. The highest BCUT2D eigenvalue weighted by Gasteiger charge is 2.42. The zero-order chi connectivity index (χ0) is 15.8. The van der Waals surface area contributed by atoms with Crippen LogP contribution < -0.4 is 4.90 Å². The van der Waals surface area contributed by atoms with Crippen molar-refractivity contribution in [3.63, 3.8) is 0 Å². The molecule has 0 aliphatic carbocycles. The molecule has 0 bridgehead atoms. The summed E-state index contributed by atoms with van der Waals surface area (Å²) in [7, 11) is 0. The van der Waals surface area contributed by atoms with Gasteiger partial charge in [0.25, 0.3) is 5.91 Å². The van der Waals surface area contributed by atoms with Gasteiger partial charge in [0.05, 0.1) is 29.3 Å². The van der Waals surface area contributed by atoms with Crippen LogP contribution in [0.25, 0.3) is 0 Å². The number of likely N-dealkylation sites (tertiary alicyclic amines) is 1. The van der Waals surface area contributed by atoms with Gasteiger partial charge in [0.2, 0.25) is 0 Å². The van der Waals surface area contributed by atoms with E-state index in [-0.39, 0.29) is 18.1 Å². The molecule has 2 aliphatic heterocycles. The molecule has 0 radical (unpaired) electrons. The van der Waals surface area contributed by atoms with E-state index in [1.807, 2.05) is 41.5 Å². The Bertz CT molecular complexity index is 689. The highest BCUT2D eigenvalue weighted by Crippen LogP contribution is 2.28. The molecule has 2 aromatic heterocycles. The Balaban J connectivity index is 1.54. The number of ether oxygens (including phenoxy) is 1. The number of amides is 1. The molecule has 4 rings (SSSR count). The van der Waals surface area contributed by atoms with Crippen LogP contribution in [0.4, 0.5) is 5.82 Å². The minimum absolute atomic E-state index is 0.0377. The number of anilines is 1. The molecular formula is C16H18N4O2S. The second-order valence-corrected chi connectivity index (χ2v) is 6.84. The maximum Gasteiger partial charge on any atom is 0.264 e. The van der Waals surface area contributed by atoms with Crippen molar-refractivity contribution in [1.82, 2.24) is 15.1 Å². The van der Waals surface area contributed by atoms with Gasteiger partial charge >= 0.3 is 0 Å². The highest BCUT2D eigenvalue weighted by molar-refractivity contribution is 7.12. The molecule has 0 aromatic carbocycles. The number of hydrogen-bond acceptors (Lipinski definition) is 6. The van der Waals surface area contributed by atoms with Gasteiger partial charge in [-0.15, -0.1) is 16.4 Å². The lowest BCUT2D eigenvalue weighted by atomic mass is 10.1. The predicted molar refractivity (Wildman–Crippen MR) is 87.9 cm³/mol. The van der Waals surface area contributed by atoms with Crippen molar-refractivity contribution in [3.05, 3.63) is 40.2 Å². The summed E-state index contributed by atoms with van der Waals surface area (Å²) < 4.78 is 5.89. The van der Waals surface area contributed by atoms with E-state index in [9.17, 15) is 4.79 Å². The van der Waals surface area contributed by atoms with E-state index < -0.39 is 0 Å². The fourth-order valence-electron chi connectivity index (χ4n) is 3.24. The van der Waals surface area contributed by atoms with E-state index in [1.165, 1.54) is 11.3 Å².